The molecule has 3 rings (SSSR count). The lowest BCUT2D eigenvalue weighted by Crippen LogP contribution is -2.39. The van der Waals surface area contributed by atoms with Crippen molar-refractivity contribution in [1.29, 1.82) is 0 Å². The molecule has 1 aliphatic heterocycles. The Kier molecular flexibility index (Phi) is 3.23. The molecule has 0 spiro atoms. The van der Waals surface area contributed by atoms with Crippen LogP contribution in [0.25, 0.3) is 0 Å². The number of hydrogen-bond acceptors (Lipinski definition) is 5. The Morgan fingerprint density at radius 2 is 2.05 bits per heavy atom. The first-order chi connectivity index (χ1) is 9.67. The van der Waals surface area contributed by atoms with E-state index in [2.05, 4.69) is 15.3 Å². The molecule has 6 heteroatoms. The summed E-state index contributed by atoms with van der Waals surface area (Å²) in [6, 6.07) is 7.38. The van der Waals surface area contributed by atoms with Gasteiger partial charge >= 0.3 is 0 Å². The fraction of sp³-hybridized carbons (Fsp3) is 0.286. The van der Waals surface area contributed by atoms with Gasteiger partial charge in [-0.05, 0) is 6.07 Å². The van der Waals surface area contributed by atoms with E-state index in [1.807, 2.05) is 24.3 Å². The van der Waals surface area contributed by atoms with E-state index in [9.17, 15) is 9.50 Å². The molecule has 2 aromatic rings. The van der Waals surface area contributed by atoms with Crippen LogP contribution in [0.5, 0.6) is 5.75 Å². The first-order valence-corrected chi connectivity index (χ1v) is 6.33. The molecular weight excluding hydrogens is 261 g/mol. The van der Waals surface area contributed by atoms with E-state index in [1.54, 1.807) is 0 Å². The fourth-order valence-electron chi connectivity index (χ4n) is 2.25. The molecule has 1 aliphatic rings. The van der Waals surface area contributed by atoms with Crippen molar-refractivity contribution in [3.8, 4) is 5.75 Å². The maximum absolute atomic E-state index is 12.7. The number of ether oxygens (including phenoxy) is 1. The molecule has 0 amide bonds. The first-order valence-electron chi connectivity index (χ1n) is 6.33. The topological polar surface area (TPSA) is 67.3 Å². The molecule has 1 aromatic carbocycles. The summed E-state index contributed by atoms with van der Waals surface area (Å²) in [6.45, 7) is 0.679. The highest BCUT2D eigenvalue weighted by atomic mass is 19.1. The molecule has 20 heavy (non-hydrogen) atoms. The van der Waals surface area contributed by atoms with Crippen molar-refractivity contribution in [2.24, 2.45) is 0 Å². The highest BCUT2D eigenvalue weighted by Crippen LogP contribution is 2.36. The summed E-state index contributed by atoms with van der Waals surface area (Å²) in [4.78, 5) is 7.62. The quantitative estimate of drug-likeness (QED) is 0.892. The van der Waals surface area contributed by atoms with Crippen LogP contribution in [0.4, 0.5) is 10.3 Å². The molecular formula is C14H14FN3O2. The summed E-state index contributed by atoms with van der Waals surface area (Å²) in [5.74, 6) is 0.470. The van der Waals surface area contributed by atoms with Gasteiger partial charge in [0.15, 0.2) is 5.82 Å². The lowest BCUT2D eigenvalue weighted by Gasteiger charge is -2.34. The molecule has 0 aliphatic carbocycles. The van der Waals surface area contributed by atoms with Gasteiger partial charge in [0.2, 0.25) is 5.95 Å². The van der Waals surface area contributed by atoms with Crippen LogP contribution in [0.1, 0.15) is 12.0 Å². The minimum absolute atomic E-state index is 0.235. The van der Waals surface area contributed by atoms with Gasteiger partial charge in [-0.1, -0.05) is 18.2 Å². The summed E-state index contributed by atoms with van der Waals surface area (Å²) >= 11 is 0. The second-order valence-electron chi connectivity index (χ2n) is 4.70. The van der Waals surface area contributed by atoms with Gasteiger partial charge in [-0.25, -0.2) is 14.4 Å². The lowest BCUT2D eigenvalue weighted by molar-refractivity contribution is 0.00901. The number of aliphatic hydroxyl groups is 1. The second-order valence-corrected chi connectivity index (χ2v) is 4.70. The van der Waals surface area contributed by atoms with E-state index >= 15 is 0 Å². The highest BCUT2D eigenvalue weighted by molar-refractivity contribution is 5.41. The normalized spacial score (nSPS) is 20.9. The average Bonchev–Trinajstić information content (AvgIpc) is 2.47. The third kappa shape index (κ3) is 2.42. The minimum atomic E-state index is -1.05. The molecule has 0 saturated carbocycles. The fourth-order valence-corrected chi connectivity index (χ4v) is 2.25. The molecule has 0 radical (unpaired) electrons. The monoisotopic (exact) mass is 275 g/mol. The maximum Gasteiger partial charge on any atom is 0.222 e. The van der Waals surface area contributed by atoms with E-state index in [0.717, 1.165) is 18.0 Å². The largest absolute Gasteiger partial charge is 0.493 e. The van der Waals surface area contributed by atoms with Crippen LogP contribution in [0.15, 0.2) is 36.7 Å². The standard InChI is InChI=1S/C14H14FN3O2/c15-10-7-16-13(17-8-10)18-9-14(19)5-6-20-12-4-2-1-3-11(12)14/h1-4,7-8,19H,5-6,9H2,(H,16,17,18). The van der Waals surface area contributed by atoms with Crippen LogP contribution < -0.4 is 10.1 Å². The summed E-state index contributed by atoms with van der Waals surface area (Å²) in [6.07, 6.45) is 2.63. The zero-order valence-corrected chi connectivity index (χ0v) is 10.7. The van der Waals surface area contributed by atoms with Crippen molar-refractivity contribution in [1.82, 2.24) is 9.97 Å². The number of rotatable bonds is 3. The third-order valence-electron chi connectivity index (χ3n) is 3.32. The Morgan fingerprint density at radius 3 is 2.85 bits per heavy atom. The molecule has 0 fully saturated rings. The summed E-state index contributed by atoms with van der Waals surface area (Å²) in [5, 5.41) is 13.7. The Bertz CT molecular complexity index is 606. The number of hydrogen-bond donors (Lipinski definition) is 2. The number of halogens is 1. The molecule has 2 heterocycles. The SMILES string of the molecule is OC1(CNc2ncc(F)cn2)CCOc2ccccc21. The van der Waals surface area contributed by atoms with Crippen LogP contribution >= 0.6 is 0 Å². The molecule has 2 N–H and O–H groups in total. The van der Waals surface area contributed by atoms with Crippen molar-refractivity contribution in [3.63, 3.8) is 0 Å². The van der Waals surface area contributed by atoms with E-state index < -0.39 is 11.4 Å². The number of benzene rings is 1. The van der Waals surface area contributed by atoms with E-state index in [1.165, 1.54) is 0 Å². The van der Waals surface area contributed by atoms with Crippen molar-refractivity contribution in [3.05, 3.63) is 48.0 Å². The van der Waals surface area contributed by atoms with Crippen molar-refractivity contribution >= 4 is 5.95 Å². The summed E-state index contributed by atoms with van der Waals surface area (Å²) in [5.41, 5.74) is -0.312. The zero-order valence-electron chi connectivity index (χ0n) is 10.7. The molecule has 104 valence electrons. The maximum atomic E-state index is 12.7. The summed E-state index contributed by atoms with van der Waals surface area (Å²) < 4.78 is 18.3. The minimum Gasteiger partial charge on any atom is -0.493 e. The number of fused-ring (bicyclic) bond motifs is 1. The average molecular weight is 275 g/mol. The van der Waals surface area contributed by atoms with E-state index in [4.69, 9.17) is 4.74 Å². The predicted octanol–water partition coefficient (Wildman–Crippen LogP) is 1.70. The van der Waals surface area contributed by atoms with E-state index in [0.29, 0.717) is 18.8 Å². The van der Waals surface area contributed by atoms with Crippen LogP contribution in [0, 0.1) is 5.82 Å². The number of aromatic nitrogens is 2. The predicted molar refractivity (Wildman–Crippen MR) is 70.9 cm³/mol. The van der Waals surface area contributed by atoms with Gasteiger partial charge in [-0.3, -0.25) is 0 Å². The number of para-hydroxylation sites is 1. The van der Waals surface area contributed by atoms with Gasteiger partial charge in [-0.2, -0.15) is 0 Å². The second kappa shape index (κ2) is 5.05. The first kappa shape index (κ1) is 12.8. The smallest absolute Gasteiger partial charge is 0.222 e. The molecule has 1 aromatic heterocycles. The van der Waals surface area contributed by atoms with Crippen LogP contribution in [-0.4, -0.2) is 28.2 Å². The van der Waals surface area contributed by atoms with Crippen molar-refractivity contribution < 1.29 is 14.2 Å². The molecule has 0 bridgehead atoms. The lowest BCUT2D eigenvalue weighted by atomic mass is 9.88. The molecule has 1 atom stereocenters. The summed E-state index contributed by atoms with van der Waals surface area (Å²) in [7, 11) is 0. The van der Waals surface area contributed by atoms with Crippen molar-refractivity contribution in [2.75, 3.05) is 18.5 Å². The molecule has 5 nitrogen and oxygen atoms in total. The Hall–Kier alpha value is -2.21. The highest BCUT2D eigenvalue weighted by Gasteiger charge is 2.35. The van der Waals surface area contributed by atoms with Crippen LogP contribution in [0.3, 0.4) is 0 Å². The Morgan fingerprint density at radius 1 is 1.30 bits per heavy atom. The Labute approximate surface area is 115 Å². The Balaban J connectivity index is 1.78. The van der Waals surface area contributed by atoms with Gasteiger partial charge in [-0.15, -0.1) is 0 Å². The zero-order chi connectivity index (χ0) is 14.0. The number of anilines is 1. The van der Waals surface area contributed by atoms with Crippen LogP contribution in [-0.2, 0) is 5.60 Å². The third-order valence-corrected chi connectivity index (χ3v) is 3.32. The molecule has 1 unspecified atom stereocenters. The van der Waals surface area contributed by atoms with Gasteiger partial charge in [0.25, 0.3) is 0 Å². The van der Waals surface area contributed by atoms with E-state index in [-0.39, 0.29) is 12.5 Å². The van der Waals surface area contributed by atoms with Crippen molar-refractivity contribution in [2.45, 2.75) is 12.0 Å². The van der Waals surface area contributed by atoms with Gasteiger partial charge < -0.3 is 15.2 Å². The molecule has 0 saturated heterocycles. The van der Waals surface area contributed by atoms with Gasteiger partial charge in [0.05, 0.1) is 25.5 Å². The van der Waals surface area contributed by atoms with Gasteiger partial charge in [0, 0.05) is 12.0 Å². The number of nitrogens with zero attached hydrogens (tertiary/aromatic N) is 2. The number of nitrogens with one attached hydrogen (secondary N) is 1. The van der Waals surface area contributed by atoms with Gasteiger partial charge in [0.1, 0.15) is 11.4 Å². The van der Waals surface area contributed by atoms with Crippen LogP contribution in [0.2, 0.25) is 0 Å².